The molecule has 2 aliphatic rings. The molecule has 0 radical (unpaired) electrons. The molecule has 2 saturated carbocycles. The molecule has 2 aliphatic carbocycles. The Bertz CT molecular complexity index is 601. The summed E-state index contributed by atoms with van der Waals surface area (Å²) in [7, 11) is 0. The van der Waals surface area contributed by atoms with Crippen LogP contribution in [0, 0.1) is 17.6 Å². The first-order valence-electron chi connectivity index (χ1n) is 6.94. The monoisotopic (exact) mass is 295 g/mol. The third kappa shape index (κ3) is 2.89. The van der Waals surface area contributed by atoms with Crippen LogP contribution in [0.2, 0.25) is 0 Å². The summed E-state index contributed by atoms with van der Waals surface area (Å²) < 4.78 is 26.6. The van der Waals surface area contributed by atoms with Gasteiger partial charge in [0.15, 0.2) is 0 Å². The van der Waals surface area contributed by atoms with Gasteiger partial charge >= 0.3 is 5.97 Å². The van der Waals surface area contributed by atoms with Gasteiger partial charge in [-0.15, -0.1) is 0 Å². The fourth-order valence-corrected chi connectivity index (χ4v) is 2.75. The van der Waals surface area contributed by atoms with E-state index in [-0.39, 0.29) is 30.3 Å². The second-order valence-electron chi connectivity index (χ2n) is 5.71. The number of carbonyl (C=O) groups excluding carboxylic acids is 1. The molecule has 0 spiro atoms. The van der Waals surface area contributed by atoms with E-state index in [1.54, 1.807) is 0 Å². The van der Waals surface area contributed by atoms with Crippen molar-refractivity contribution in [1.29, 1.82) is 0 Å². The number of amides is 1. The first-order valence-corrected chi connectivity index (χ1v) is 6.94. The summed E-state index contributed by atoms with van der Waals surface area (Å²) in [4.78, 5) is 24.6. The molecule has 3 rings (SSSR count). The number of rotatable bonds is 5. The summed E-state index contributed by atoms with van der Waals surface area (Å²) in [6.45, 7) is -0.307. The summed E-state index contributed by atoms with van der Waals surface area (Å²) in [5, 5.41) is 8.87. The molecule has 112 valence electrons. The first kappa shape index (κ1) is 14.0. The quantitative estimate of drug-likeness (QED) is 0.905. The maximum atomic E-state index is 13.7. The molecular weight excluding hydrogens is 280 g/mol. The van der Waals surface area contributed by atoms with Crippen molar-refractivity contribution < 1.29 is 23.5 Å². The van der Waals surface area contributed by atoms with E-state index >= 15 is 0 Å². The van der Waals surface area contributed by atoms with Crippen LogP contribution in [0.1, 0.15) is 30.7 Å². The van der Waals surface area contributed by atoms with Crippen molar-refractivity contribution in [2.75, 3.05) is 6.54 Å². The van der Waals surface area contributed by atoms with Gasteiger partial charge in [-0.25, -0.2) is 8.78 Å². The minimum Gasteiger partial charge on any atom is -0.480 e. The Labute approximate surface area is 120 Å². The van der Waals surface area contributed by atoms with Gasteiger partial charge < -0.3 is 10.0 Å². The Balaban J connectivity index is 1.71. The molecule has 1 N–H and O–H groups in total. The number of halogens is 2. The van der Waals surface area contributed by atoms with Crippen LogP contribution in [-0.2, 0) is 9.59 Å². The van der Waals surface area contributed by atoms with Gasteiger partial charge in [0.1, 0.15) is 18.2 Å². The molecule has 0 bridgehead atoms. The Hall–Kier alpha value is -1.98. The van der Waals surface area contributed by atoms with Gasteiger partial charge in [-0.3, -0.25) is 9.59 Å². The lowest BCUT2D eigenvalue weighted by atomic mass is 10.1. The summed E-state index contributed by atoms with van der Waals surface area (Å²) in [6, 6.07) is 3.36. The van der Waals surface area contributed by atoms with Gasteiger partial charge in [-0.1, -0.05) is 6.07 Å². The van der Waals surface area contributed by atoms with E-state index in [0.717, 1.165) is 18.9 Å². The highest BCUT2D eigenvalue weighted by molar-refractivity contribution is 5.86. The van der Waals surface area contributed by atoms with E-state index in [4.69, 9.17) is 5.11 Å². The normalized spacial score (nSPS) is 23.7. The van der Waals surface area contributed by atoms with Crippen molar-refractivity contribution in [3.8, 4) is 0 Å². The van der Waals surface area contributed by atoms with Gasteiger partial charge in [-0.05, 0) is 36.8 Å². The smallest absolute Gasteiger partial charge is 0.323 e. The second-order valence-corrected chi connectivity index (χ2v) is 5.71. The maximum absolute atomic E-state index is 13.7. The minimum absolute atomic E-state index is 0.00733. The summed E-state index contributed by atoms with van der Waals surface area (Å²) in [6.07, 6.45) is 2.13. The van der Waals surface area contributed by atoms with E-state index in [2.05, 4.69) is 0 Å². The molecular formula is C15H15F2NO3. The zero-order chi connectivity index (χ0) is 15.1. The molecule has 1 aromatic rings. The van der Waals surface area contributed by atoms with E-state index < -0.39 is 17.6 Å². The van der Waals surface area contributed by atoms with Gasteiger partial charge in [-0.2, -0.15) is 0 Å². The Morgan fingerprint density at radius 3 is 2.57 bits per heavy atom. The van der Waals surface area contributed by atoms with Crippen LogP contribution < -0.4 is 0 Å². The number of hydrogen-bond acceptors (Lipinski definition) is 2. The third-order valence-corrected chi connectivity index (χ3v) is 4.05. The number of carbonyl (C=O) groups is 2. The number of carboxylic acids is 1. The lowest BCUT2D eigenvalue weighted by Crippen LogP contribution is -2.38. The lowest BCUT2D eigenvalue weighted by molar-refractivity contribution is -0.145. The van der Waals surface area contributed by atoms with E-state index in [1.165, 1.54) is 17.0 Å². The Morgan fingerprint density at radius 1 is 1.29 bits per heavy atom. The molecule has 0 saturated heterocycles. The van der Waals surface area contributed by atoms with Crippen molar-refractivity contribution in [2.45, 2.75) is 31.2 Å². The van der Waals surface area contributed by atoms with Crippen LogP contribution in [0.15, 0.2) is 18.2 Å². The van der Waals surface area contributed by atoms with E-state index in [1.807, 2.05) is 0 Å². The van der Waals surface area contributed by atoms with E-state index in [0.29, 0.717) is 12.0 Å². The SMILES string of the molecule is O=C(O)CN(C(=O)[C@H]1C[C@H]1c1ccc(F)cc1F)C1CC1. The molecule has 0 aromatic heterocycles. The number of carboxylic acid groups (broad SMARTS) is 1. The Kier molecular flexibility index (Phi) is 3.39. The first-order chi connectivity index (χ1) is 9.97. The van der Waals surface area contributed by atoms with Crippen molar-refractivity contribution in [3.63, 3.8) is 0 Å². The molecule has 0 aliphatic heterocycles. The van der Waals surface area contributed by atoms with Crippen LogP contribution in [0.25, 0.3) is 0 Å². The zero-order valence-electron chi connectivity index (χ0n) is 11.3. The minimum atomic E-state index is -1.04. The highest BCUT2D eigenvalue weighted by Gasteiger charge is 2.49. The van der Waals surface area contributed by atoms with Crippen LogP contribution in [0.3, 0.4) is 0 Å². The van der Waals surface area contributed by atoms with Gasteiger partial charge in [0.2, 0.25) is 5.91 Å². The molecule has 1 aromatic carbocycles. The van der Waals surface area contributed by atoms with E-state index in [9.17, 15) is 18.4 Å². The van der Waals surface area contributed by atoms with Gasteiger partial charge in [0, 0.05) is 18.0 Å². The number of hydrogen-bond donors (Lipinski definition) is 1. The van der Waals surface area contributed by atoms with Gasteiger partial charge in [0.25, 0.3) is 0 Å². The van der Waals surface area contributed by atoms with Crippen LogP contribution in [0.4, 0.5) is 8.78 Å². The molecule has 2 atom stereocenters. The molecule has 6 heteroatoms. The largest absolute Gasteiger partial charge is 0.480 e. The number of nitrogens with zero attached hydrogens (tertiary/aromatic N) is 1. The highest BCUT2D eigenvalue weighted by Crippen LogP contribution is 2.50. The van der Waals surface area contributed by atoms with Gasteiger partial charge in [0.05, 0.1) is 0 Å². The highest BCUT2D eigenvalue weighted by atomic mass is 19.1. The zero-order valence-corrected chi connectivity index (χ0v) is 11.3. The van der Waals surface area contributed by atoms with Crippen molar-refractivity contribution in [1.82, 2.24) is 4.90 Å². The lowest BCUT2D eigenvalue weighted by Gasteiger charge is -2.20. The van der Waals surface area contributed by atoms with Crippen LogP contribution in [-0.4, -0.2) is 34.5 Å². The molecule has 2 fully saturated rings. The third-order valence-electron chi connectivity index (χ3n) is 4.05. The fourth-order valence-electron chi connectivity index (χ4n) is 2.75. The van der Waals surface area contributed by atoms with Crippen molar-refractivity contribution >= 4 is 11.9 Å². The average molecular weight is 295 g/mol. The Morgan fingerprint density at radius 2 is 2.00 bits per heavy atom. The molecule has 0 heterocycles. The van der Waals surface area contributed by atoms with Crippen molar-refractivity contribution in [2.24, 2.45) is 5.92 Å². The maximum Gasteiger partial charge on any atom is 0.323 e. The second kappa shape index (κ2) is 5.09. The number of benzene rings is 1. The number of aliphatic carboxylic acids is 1. The van der Waals surface area contributed by atoms with Crippen LogP contribution in [0.5, 0.6) is 0 Å². The van der Waals surface area contributed by atoms with Crippen LogP contribution >= 0.6 is 0 Å². The average Bonchev–Trinajstić information content (AvgIpc) is 3.27. The predicted molar refractivity (Wildman–Crippen MR) is 69.6 cm³/mol. The summed E-state index contributed by atoms with van der Waals surface area (Å²) >= 11 is 0. The molecule has 1 amide bonds. The topological polar surface area (TPSA) is 57.6 Å². The fraction of sp³-hybridized carbons (Fsp3) is 0.467. The molecule has 4 nitrogen and oxygen atoms in total. The van der Waals surface area contributed by atoms with Crippen molar-refractivity contribution in [3.05, 3.63) is 35.4 Å². The standard InChI is InChI=1S/C15H15F2NO3/c16-8-1-4-10(13(17)5-8)11-6-12(11)15(21)18(7-14(19)20)9-2-3-9/h1,4-5,9,11-12H,2-3,6-7H2,(H,19,20)/t11-,12-/m0/s1. The molecule has 0 unspecified atom stereocenters. The molecule has 21 heavy (non-hydrogen) atoms. The summed E-state index contributed by atoms with van der Waals surface area (Å²) in [5.74, 6) is -3.22. The predicted octanol–water partition coefficient (Wildman–Crippen LogP) is 2.14. The summed E-state index contributed by atoms with van der Waals surface area (Å²) in [5.41, 5.74) is 0.334.